The SMILES string of the molecule is CC(C)(C)c1ccc(C(CF)OC(=O)Cc2ccc3c(c2)C(=O)c2ccccc2CO3)cc1. The van der Waals surface area contributed by atoms with Gasteiger partial charge in [0.15, 0.2) is 11.9 Å². The predicted molar refractivity (Wildman–Crippen MR) is 124 cm³/mol. The number of ether oxygens (including phenoxy) is 2. The van der Waals surface area contributed by atoms with Gasteiger partial charge in [-0.15, -0.1) is 0 Å². The van der Waals surface area contributed by atoms with Crippen molar-refractivity contribution < 1.29 is 23.5 Å². The molecule has 3 aromatic carbocycles. The van der Waals surface area contributed by atoms with E-state index >= 15 is 0 Å². The van der Waals surface area contributed by atoms with Crippen LogP contribution in [0.2, 0.25) is 0 Å². The van der Waals surface area contributed by atoms with Gasteiger partial charge in [-0.1, -0.05) is 75.4 Å². The molecule has 0 amide bonds. The van der Waals surface area contributed by atoms with Crippen molar-refractivity contribution in [2.45, 2.75) is 45.3 Å². The standard InChI is InChI=1S/C28H27FO4/c1-28(2,3)21-11-9-19(10-12-21)25(16-29)33-26(30)15-18-8-13-24-23(14-18)27(31)22-7-5-4-6-20(22)17-32-24/h4-14,25H,15-17H2,1-3H3. The lowest BCUT2D eigenvalue weighted by atomic mass is 9.86. The number of carbonyl (C=O) groups excluding carboxylic acids is 2. The van der Waals surface area contributed by atoms with Gasteiger partial charge in [-0.25, -0.2) is 4.39 Å². The number of carbonyl (C=O) groups is 2. The minimum absolute atomic E-state index is 0.0204. The first-order valence-corrected chi connectivity index (χ1v) is 11.0. The number of hydrogen-bond donors (Lipinski definition) is 0. The van der Waals surface area contributed by atoms with Crippen LogP contribution in [-0.2, 0) is 28.0 Å². The molecule has 1 aliphatic rings. The third-order valence-electron chi connectivity index (χ3n) is 5.84. The summed E-state index contributed by atoms with van der Waals surface area (Å²) in [7, 11) is 0. The summed E-state index contributed by atoms with van der Waals surface area (Å²) in [5, 5.41) is 0. The number of halogens is 1. The van der Waals surface area contributed by atoms with E-state index in [9.17, 15) is 14.0 Å². The van der Waals surface area contributed by atoms with Gasteiger partial charge in [-0.05, 0) is 34.2 Å². The lowest BCUT2D eigenvalue weighted by Crippen LogP contribution is -2.16. The molecule has 0 N–H and O–H groups in total. The fourth-order valence-electron chi connectivity index (χ4n) is 3.91. The molecule has 0 radical (unpaired) electrons. The fraction of sp³-hybridized carbons (Fsp3) is 0.286. The molecule has 1 unspecified atom stereocenters. The van der Waals surface area contributed by atoms with Crippen LogP contribution in [0.15, 0.2) is 66.7 Å². The van der Waals surface area contributed by atoms with Gasteiger partial charge in [-0.3, -0.25) is 9.59 Å². The normalized spacial score (nSPS) is 13.9. The predicted octanol–water partition coefficient (Wildman–Crippen LogP) is 5.90. The van der Waals surface area contributed by atoms with Crippen molar-refractivity contribution >= 4 is 11.8 Å². The van der Waals surface area contributed by atoms with Crippen molar-refractivity contribution in [2.24, 2.45) is 0 Å². The molecule has 0 bridgehead atoms. The van der Waals surface area contributed by atoms with Crippen LogP contribution < -0.4 is 4.74 Å². The van der Waals surface area contributed by atoms with E-state index < -0.39 is 18.7 Å². The summed E-state index contributed by atoms with van der Waals surface area (Å²) in [4.78, 5) is 25.6. The summed E-state index contributed by atoms with van der Waals surface area (Å²) in [6.07, 6.45) is -1.04. The quantitative estimate of drug-likeness (QED) is 0.458. The summed E-state index contributed by atoms with van der Waals surface area (Å²) in [5.74, 6) is -0.220. The topological polar surface area (TPSA) is 52.6 Å². The summed E-state index contributed by atoms with van der Waals surface area (Å²) in [6.45, 7) is 5.80. The third kappa shape index (κ3) is 4.98. The van der Waals surface area contributed by atoms with Crippen LogP contribution in [0.5, 0.6) is 5.75 Å². The van der Waals surface area contributed by atoms with E-state index in [0.29, 0.717) is 34.6 Å². The highest BCUT2D eigenvalue weighted by molar-refractivity contribution is 6.12. The van der Waals surface area contributed by atoms with Crippen LogP contribution in [0.25, 0.3) is 0 Å². The Hall–Kier alpha value is -3.47. The van der Waals surface area contributed by atoms with Gasteiger partial charge in [0.25, 0.3) is 0 Å². The molecule has 3 aromatic rings. The summed E-state index contributed by atoms with van der Waals surface area (Å²) < 4.78 is 24.9. The third-order valence-corrected chi connectivity index (χ3v) is 5.84. The molecule has 1 heterocycles. The highest BCUT2D eigenvalue weighted by Gasteiger charge is 2.24. The van der Waals surface area contributed by atoms with Gasteiger partial charge in [0.1, 0.15) is 19.0 Å². The Kier molecular flexibility index (Phi) is 6.32. The molecule has 4 rings (SSSR count). The van der Waals surface area contributed by atoms with Gasteiger partial charge in [0, 0.05) is 11.1 Å². The molecule has 4 nitrogen and oxygen atoms in total. The first kappa shape index (κ1) is 22.7. The van der Waals surface area contributed by atoms with Crippen LogP contribution >= 0.6 is 0 Å². The Labute approximate surface area is 193 Å². The van der Waals surface area contributed by atoms with Gasteiger partial charge in [-0.2, -0.15) is 0 Å². The minimum Gasteiger partial charge on any atom is -0.488 e. The zero-order valence-corrected chi connectivity index (χ0v) is 19.1. The second kappa shape index (κ2) is 9.18. The van der Waals surface area contributed by atoms with Gasteiger partial charge in [0.2, 0.25) is 0 Å². The molecule has 5 heteroatoms. The molecule has 0 saturated carbocycles. The maximum atomic E-state index is 13.7. The lowest BCUT2D eigenvalue weighted by molar-refractivity contribution is -0.149. The summed E-state index contributed by atoms with van der Waals surface area (Å²) in [6, 6.07) is 19.9. The van der Waals surface area contributed by atoms with Crippen molar-refractivity contribution in [3.63, 3.8) is 0 Å². The maximum Gasteiger partial charge on any atom is 0.310 e. The number of alkyl halides is 1. The van der Waals surface area contributed by atoms with Crippen LogP contribution in [-0.4, -0.2) is 18.4 Å². The lowest BCUT2D eigenvalue weighted by Gasteiger charge is -2.21. The Balaban J connectivity index is 1.48. The van der Waals surface area contributed by atoms with Crippen LogP contribution in [0.4, 0.5) is 4.39 Å². The number of rotatable bonds is 5. The molecule has 0 aliphatic carbocycles. The molecule has 0 fully saturated rings. The highest BCUT2D eigenvalue weighted by atomic mass is 19.1. The average Bonchev–Trinajstić information content (AvgIpc) is 2.94. The van der Waals surface area contributed by atoms with E-state index in [-0.39, 0.29) is 17.6 Å². The molecule has 0 spiro atoms. The van der Waals surface area contributed by atoms with Crippen molar-refractivity contribution in [2.75, 3.05) is 6.67 Å². The van der Waals surface area contributed by atoms with Gasteiger partial charge < -0.3 is 9.47 Å². The summed E-state index contributed by atoms with van der Waals surface area (Å²) in [5.41, 5.74) is 4.14. The largest absolute Gasteiger partial charge is 0.488 e. The van der Waals surface area contributed by atoms with Gasteiger partial charge in [0.05, 0.1) is 12.0 Å². The van der Waals surface area contributed by atoms with E-state index in [4.69, 9.17) is 9.47 Å². The fourth-order valence-corrected chi connectivity index (χ4v) is 3.91. The first-order chi connectivity index (χ1) is 15.8. The number of fused-ring (bicyclic) bond motifs is 2. The highest BCUT2D eigenvalue weighted by Crippen LogP contribution is 2.30. The Bertz CT molecular complexity index is 1180. The molecule has 0 saturated heterocycles. The molecular formula is C28H27FO4. The summed E-state index contributed by atoms with van der Waals surface area (Å²) >= 11 is 0. The van der Waals surface area contributed by atoms with Crippen LogP contribution in [0.3, 0.4) is 0 Å². The smallest absolute Gasteiger partial charge is 0.310 e. The molecule has 33 heavy (non-hydrogen) atoms. The van der Waals surface area contributed by atoms with E-state index in [1.807, 2.05) is 30.3 Å². The van der Waals surface area contributed by atoms with Crippen molar-refractivity contribution in [3.8, 4) is 5.75 Å². The van der Waals surface area contributed by atoms with Gasteiger partial charge >= 0.3 is 5.97 Å². The molecule has 0 aromatic heterocycles. The molecular weight excluding hydrogens is 419 g/mol. The van der Waals surface area contributed by atoms with E-state index in [2.05, 4.69) is 20.8 Å². The number of hydrogen-bond acceptors (Lipinski definition) is 4. The van der Waals surface area contributed by atoms with Crippen molar-refractivity contribution in [3.05, 3.63) is 100 Å². The molecule has 1 atom stereocenters. The maximum absolute atomic E-state index is 13.7. The second-order valence-corrected chi connectivity index (χ2v) is 9.29. The zero-order valence-electron chi connectivity index (χ0n) is 19.1. The first-order valence-electron chi connectivity index (χ1n) is 11.0. The molecule has 170 valence electrons. The van der Waals surface area contributed by atoms with E-state index in [1.165, 1.54) is 0 Å². The number of esters is 1. The van der Waals surface area contributed by atoms with Crippen LogP contribution in [0, 0.1) is 0 Å². The Morgan fingerprint density at radius 3 is 2.45 bits per heavy atom. The number of benzene rings is 3. The second-order valence-electron chi connectivity index (χ2n) is 9.29. The Morgan fingerprint density at radius 2 is 1.76 bits per heavy atom. The van der Waals surface area contributed by atoms with Crippen molar-refractivity contribution in [1.29, 1.82) is 0 Å². The van der Waals surface area contributed by atoms with Crippen LogP contribution in [0.1, 0.15) is 65.1 Å². The monoisotopic (exact) mass is 446 g/mol. The average molecular weight is 447 g/mol. The van der Waals surface area contributed by atoms with Crippen molar-refractivity contribution in [1.82, 2.24) is 0 Å². The van der Waals surface area contributed by atoms with E-state index in [1.54, 1.807) is 36.4 Å². The number of ketones is 1. The molecule has 1 aliphatic heterocycles. The minimum atomic E-state index is -0.968. The Morgan fingerprint density at radius 1 is 1.03 bits per heavy atom. The zero-order chi connectivity index (χ0) is 23.6. The van der Waals surface area contributed by atoms with E-state index in [0.717, 1.165) is 11.1 Å².